The number of likely N-dealkylation sites (tertiary alicyclic amines) is 1. The molecule has 1 aliphatic rings. The van der Waals surface area contributed by atoms with Crippen LogP contribution in [0.5, 0.6) is 5.75 Å². The van der Waals surface area contributed by atoms with Gasteiger partial charge in [-0.2, -0.15) is 0 Å². The molecule has 0 amide bonds. The van der Waals surface area contributed by atoms with Crippen LogP contribution < -0.4 is 10.5 Å². The van der Waals surface area contributed by atoms with Gasteiger partial charge in [0.1, 0.15) is 12.4 Å². The van der Waals surface area contributed by atoms with Crippen molar-refractivity contribution in [3.8, 4) is 5.75 Å². The first-order valence-electron chi connectivity index (χ1n) is 8.98. The molecule has 0 radical (unpaired) electrons. The van der Waals surface area contributed by atoms with Gasteiger partial charge in [-0.3, -0.25) is 4.90 Å². The summed E-state index contributed by atoms with van der Waals surface area (Å²) >= 11 is 0. The molecule has 1 saturated heterocycles. The zero-order chi connectivity index (χ0) is 17.5. The molecule has 142 valence electrons. The number of rotatable bonds is 8. The quantitative estimate of drug-likeness (QED) is 0.718. The monoisotopic (exact) mass is 376 g/mol. The van der Waals surface area contributed by atoms with E-state index in [1.165, 1.54) is 11.1 Å². The van der Waals surface area contributed by atoms with Gasteiger partial charge in [0.2, 0.25) is 0 Å². The number of halogens is 1. The molecule has 2 aromatic carbocycles. The van der Waals surface area contributed by atoms with Gasteiger partial charge in [0, 0.05) is 32.7 Å². The van der Waals surface area contributed by atoms with Crippen molar-refractivity contribution in [3.05, 3.63) is 65.7 Å². The van der Waals surface area contributed by atoms with Crippen LogP contribution in [0.4, 0.5) is 0 Å². The van der Waals surface area contributed by atoms with Gasteiger partial charge < -0.3 is 15.2 Å². The van der Waals surface area contributed by atoms with Crippen LogP contribution in [0.2, 0.25) is 0 Å². The average Bonchev–Trinajstić information content (AvgIpc) is 3.07. The van der Waals surface area contributed by atoms with Gasteiger partial charge in [0.15, 0.2) is 0 Å². The molecule has 0 spiro atoms. The smallest absolute Gasteiger partial charge is 0.119 e. The molecule has 3 rings (SSSR count). The maximum absolute atomic E-state index is 6.04. The van der Waals surface area contributed by atoms with Gasteiger partial charge in [-0.1, -0.05) is 42.5 Å². The van der Waals surface area contributed by atoms with Crippen LogP contribution in [-0.2, 0) is 11.3 Å². The Balaban J connectivity index is 0.00000243. The number of benzene rings is 2. The summed E-state index contributed by atoms with van der Waals surface area (Å²) in [6, 6.07) is 19.1. The molecule has 26 heavy (non-hydrogen) atoms. The van der Waals surface area contributed by atoms with Gasteiger partial charge >= 0.3 is 0 Å². The molecule has 1 aliphatic heterocycles. The third kappa shape index (κ3) is 5.45. The predicted octanol–water partition coefficient (Wildman–Crippen LogP) is 3.31. The molecule has 2 N–H and O–H groups in total. The summed E-state index contributed by atoms with van der Waals surface area (Å²) < 4.78 is 10.6. The van der Waals surface area contributed by atoms with Crippen LogP contribution >= 0.6 is 12.4 Å². The first kappa shape index (κ1) is 20.7. The van der Waals surface area contributed by atoms with E-state index in [0.29, 0.717) is 25.0 Å². The summed E-state index contributed by atoms with van der Waals surface area (Å²) in [6.07, 6.45) is 0. The minimum atomic E-state index is 0. The SMILES string of the molecule is COCCOc1ccc(CN2C[C@@H](CN)[C@H](c3ccccc3)C2)cc1.Cl. The second kappa shape index (κ2) is 10.5. The molecule has 5 heteroatoms. The van der Waals surface area contributed by atoms with Crippen LogP contribution in [0.1, 0.15) is 17.0 Å². The van der Waals surface area contributed by atoms with Crippen molar-refractivity contribution < 1.29 is 9.47 Å². The Kier molecular flexibility index (Phi) is 8.39. The van der Waals surface area contributed by atoms with Crippen LogP contribution in [0.25, 0.3) is 0 Å². The van der Waals surface area contributed by atoms with E-state index in [9.17, 15) is 0 Å². The summed E-state index contributed by atoms with van der Waals surface area (Å²) in [6.45, 7) is 5.01. The Labute approximate surface area is 162 Å². The Bertz CT molecular complexity index is 636. The Hall–Kier alpha value is -1.59. The highest BCUT2D eigenvalue weighted by Gasteiger charge is 2.32. The van der Waals surface area contributed by atoms with E-state index in [1.807, 2.05) is 12.1 Å². The lowest BCUT2D eigenvalue weighted by molar-refractivity contribution is 0.146. The number of hydrogen-bond donors (Lipinski definition) is 1. The van der Waals surface area contributed by atoms with E-state index in [-0.39, 0.29) is 12.4 Å². The maximum Gasteiger partial charge on any atom is 0.119 e. The zero-order valence-corrected chi connectivity index (χ0v) is 16.2. The molecule has 1 heterocycles. The molecule has 0 bridgehead atoms. The molecule has 1 fully saturated rings. The lowest BCUT2D eigenvalue weighted by Crippen LogP contribution is -2.23. The van der Waals surface area contributed by atoms with Crippen molar-refractivity contribution in [2.45, 2.75) is 12.5 Å². The second-order valence-electron chi connectivity index (χ2n) is 6.69. The molecular formula is C21H29ClN2O2. The molecule has 0 aromatic heterocycles. The fourth-order valence-corrected chi connectivity index (χ4v) is 3.60. The van der Waals surface area contributed by atoms with Crippen LogP contribution in [0, 0.1) is 5.92 Å². The van der Waals surface area contributed by atoms with Crippen LogP contribution in [-0.4, -0.2) is 44.9 Å². The van der Waals surface area contributed by atoms with Crippen molar-refractivity contribution in [1.82, 2.24) is 4.90 Å². The minimum Gasteiger partial charge on any atom is -0.491 e. The van der Waals surface area contributed by atoms with Crippen molar-refractivity contribution in [1.29, 1.82) is 0 Å². The molecule has 0 saturated carbocycles. The van der Waals surface area contributed by atoms with E-state index < -0.39 is 0 Å². The highest BCUT2D eigenvalue weighted by Crippen LogP contribution is 2.32. The average molecular weight is 377 g/mol. The van der Waals surface area contributed by atoms with E-state index in [1.54, 1.807) is 7.11 Å². The van der Waals surface area contributed by atoms with E-state index in [4.69, 9.17) is 15.2 Å². The number of hydrogen-bond acceptors (Lipinski definition) is 4. The predicted molar refractivity (Wildman–Crippen MR) is 108 cm³/mol. The summed E-state index contributed by atoms with van der Waals surface area (Å²) in [5, 5.41) is 0. The first-order chi connectivity index (χ1) is 12.3. The van der Waals surface area contributed by atoms with Gasteiger partial charge in [0.25, 0.3) is 0 Å². The van der Waals surface area contributed by atoms with E-state index in [0.717, 1.165) is 31.9 Å². The highest BCUT2D eigenvalue weighted by atomic mass is 35.5. The minimum absolute atomic E-state index is 0. The molecule has 2 aromatic rings. The summed E-state index contributed by atoms with van der Waals surface area (Å²) in [5.41, 5.74) is 8.76. The van der Waals surface area contributed by atoms with E-state index in [2.05, 4.69) is 47.4 Å². The number of methoxy groups -OCH3 is 1. The normalized spacial score (nSPS) is 19.9. The maximum atomic E-state index is 6.04. The largest absolute Gasteiger partial charge is 0.491 e. The topological polar surface area (TPSA) is 47.7 Å². The zero-order valence-electron chi connectivity index (χ0n) is 15.3. The number of nitrogens with zero attached hydrogens (tertiary/aromatic N) is 1. The fourth-order valence-electron chi connectivity index (χ4n) is 3.60. The second-order valence-corrected chi connectivity index (χ2v) is 6.69. The third-order valence-electron chi connectivity index (χ3n) is 4.93. The van der Waals surface area contributed by atoms with Gasteiger partial charge in [-0.05, 0) is 35.7 Å². The van der Waals surface area contributed by atoms with Gasteiger partial charge in [-0.25, -0.2) is 0 Å². The molecule has 0 unspecified atom stereocenters. The fraction of sp³-hybridized carbons (Fsp3) is 0.429. The molecule has 4 nitrogen and oxygen atoms in total. The van der Waals surface area contributed by atoms with Crippen molar-refractivity contribution in [3.63, 3.8) is 0 Å². The van der Waals surface area contributed by atoms with E-state index >= 15 is 0 Å². The Morgan fingerprint density at radius 3 is 2.38 bits per heavy atom. The van der Waals surface area contributed by atoms with Gasteiger partial charge in [0.05, 0.1) is 6.61 Å². The third-order valence-corrected chi connectivity index (χ3v) is 4.93. The standard InChI is InChI=1S/C21H28N2O2.ClH/c1-24-11-12-25-20-9-7-17(8-10-20)14-23-15-19(13-22)21(16-23)18-5-3-2-4-6-18;/h2-10,19,21H,11-16,22H2,1H3;1H/t19-,21+;/m1./s1. The summed E-state index contributed by atoms with van der Waals surface area (Å²) in [4.78, 5) is 2.51. The first-order valence-corrected chi connectivity index (χ1v) is 8.98. The van der Waals surface area contributed by atoms with Crippen LogP contribution in [0.15, 0.2) is 54.6 Å². The molecular weight excluding hydrogens is 348 g/mol. The van der Waals surface area contributed by atoms with Gasteiger partial charge in [-0.15, -0.1) is 12.4 Å². The highest BCUT2D eigenvalue weighted by molar-refractivity contribution is 5.85. The Morgan fingerprint density at radius 1 is 1.00 bits per heavy atom. The molecule has 2 atom stereocenters. The molecule has 0 aliphatic carbocycles. The van der Waals surface area contributed by atoms with Crippen molar-refractivity contribution in [2.24, 2.45) is 11.7 Å². The van der Waals surface area contributed by atoms with Crippen molar-refractivity contribution >= 4 is 12.4 Å². The number of ether oxygens (including phenoxy) is 2. The lowest BCUT2D eigenvalue weighted by atomic mass is 9.89. The summed E-state index contributed by atoms with van der Waals surface area (Å²) in [7, 11) is 1.68. The Morgan fingerprint density at radius 2 is 1.73 bits per heavy atom. The lowest BCUT2D eigenvalue weighted by Gasteiger charge is -2.17. The van der Waals surface area contributed by atoms with Crippen LogP contribution in [0.3, 0.4) is 0 Å². The number of nitrogens with two attached hydrogens (primary N) is 1. The van der Waals surface area contributed by atoms with Crippen molar-refractivity contribution in [2.75, 3.05) is 40.0 Å². The summed E-state index contributed by atoms with van der Waals surface area (Å²) in [5.74, 6) is 1.95.